The van der Waals surface area contributed by atoms with Crippen LogP contribution < -0.4 is 0 Å². The number of benzene rings is 1. The molecule has 2 aromatic rings. The minimum atomic E-state index is -0.331. The molecule has 1 aliphatic heterocycles. The van der Waals surface area contributed by atoms with Crippen LogP contribution >= 0.6 is 23.4 Å². The summed E-state index contributed by atoms with van der Waals surface area (Å²) in [5.41, 5.74) is 0.906. The summed E-state index contributed by atoms with van der Waals surface area (Å²) in [7, 11) is 0. The molecular weight excluding hydrogens is 324 g/mol. The van der Waals surface area contributed by atoms with Crippen LogP contribution in [0.2, 0.25) is 5.02 Å². The van der Waals surface area contributed by atoms with Crippen LogP contribution in [0, 0.1) is 11.5 Å². The quantitative estimate of drug-likeness (QED) is 0.789. The number of rotatable bonds is 2. The van der Waals surface area contributed by atoms with Crippen LogP contribution in [-0.4, -0.2) is 33.3 Å². The standard InChI is InChI=1S/C14H9ClN4O2S/c15-10-3-1-9(2-4-10)12-18-11(7-21-12)13(20)19-5-6-22-14(19)17-8-16/h1-4,7H,5-6H2. The molecular formula is C14H9ClN4O2S. The lowest BCUT2D eigenvalue weighted by Crippen LogP contribution is -2.31. The third-order valence-electron chi connectivity index (χ3n) is 2.98. The zero-order chi connectivity index (χ0) is 15.5. The molecule has 0 radical (unpaired) electrons. The molecule has 1 aromatic heterocycles. The van der Waals surface area contributed by atoms with E-state index in [1.807, 2.05) is 0 Å². The Hall–Kier alpha value is -2.30. The zero-order valence-electron chi connectivity index (χ0n) is 11.2. The fraction of sp³-hybridized carbons (Fsp3) is 0.143. The molecule has 8 heteroatoms. The molecule has 1 saturated heterocycles. The summed E-state index contributed by atoms with van der Waals surface area (Å²) >= 11 is 7.20. The number of nitrogens with zero attached hydrogens (tertiary/aromatic N) is 4. The van der Waals surface area contributed by atoms with Crippen molar-refractivity contribution in [3.05, 3.63) is 41.2 Å². The topological polar surface area (TPSA) is 82.5 Å². The highest BCUT2D eigenvalue weighted by molar-refractivity contribution is 8.14. The molecule has 2 heterocycles. The summed E-state index contributed by atoms with van der Waals surface area (Å²) in [5, 5.41) is 9.64. The van der Waals surface area contributed by atoms with Gasteiger partial charge in [-0.3, -0.25) is 9.69 Å². The fourth-order valence-electron chi connectivity index (χ4n) is 1.96. The summed E-state index contributed by atoms with van der Waals surface area (Å²) in [6.07, 6.45) is 3.00. The molecule has 6 nitrogen and oxygen atoms in total. The van der Waals surface area contributed by atoms with E-state index in [2.05, 4.69) is 9.98 Å². The molecule has 0 N–H and O–H groups in total. The summed E-state index contributed by atoms with van der Waals surface area (Å²) in [4.78, 5) is 21.7. The first-order valence-corrected chi connectivity index (χ1v) is 7.68. The van der Waals surface area contributed by atoms with Crippen molar-refractivity contribution in [3.8, 4) is 17.6 Å². The van der Waals surface area contributed by atoms with E-state index >= 15 is 0 Å². The second-order valence-electron chi connectivity index (χ2n) is 4.34. The predicted molar refractivity (Wildman–Crippen MR) is 83.5 cm³/mol. The average molecular weight is 333 g/mol. The van der Waals surface area contributed by atoms with E-state index < -0.39 is 0 Å². The van der Waals surface area contributed by atoms with Crippen molar-refractivity contribution in [2.75, 3.05) is 12.3 Å². The van der Waals surface area contributed by atoms with Crippen molar-refractivity contribution in [2.45, 2.75) is 0 Å². The number of amides is 1. The highest BCUT2D eigenvalue weighted by atomic mass is 35.5. The summed E-state index contributed by atoms with van der Waals surface area (Å²) < 4.78 is 5.35. The first kappa shape index (κ1) is 14.6. The van der Waals surface area contributed by atoms with Crippen molar-refractivity contribution in [2.24, 2.45) is 4.99 Å². The monoisotopic (exact) mass is 332 g/mol. The van der Waals surface area contributed by atoms with Crippen LogP contribution in [-0.2, 0) is 0 Å². The lowest BCUT2D eigenvalue weighted by atomic mass is 10.2. The Labute approximate surface area is 135 Å². The molecule has 0 aliphatic carbocycles. The van der Waals surface area contributed by atoms with Gasteiger partial charge in [-0.1, -0.05) is 23.4 Å². The lowest BCUT2D eigenvalue weighted by Gasteiger charge is -2.12. The highest BCUT2D eigenvalue weighted by Crippen LogP contribution is 2.24. The summed E-state index contributed by atoms with van der Waals surface area (Å²) in [6, 6.07) is 6.96. The Bertz CT molecular complexity index is 779. The normalized spacial score (nSPS) is 16.0. The van der Waals surface area contributed by atoms with Gasteiger partial charge >= 0.3 is 0 Å². The van der Waals surface area contributed by atoms with Crippen LogP contribution in [0.1, 0.15) is 10.5 Å². The van der Waals surface area contributed by atoms with Crippen molar-refractivity contribution >= 4 is 34.4 Å². The van der Waals surface area contributed by atoms with Gasteiger partial charge in [-0.05, 0) is 24.3 Å². The van der Waals surface area contributed by atoms with Gasteiger partial charge in [0.25, 0.3) is 5.91 Å². The number of aromatic nitrogens is 1. The molecule has 3 rings (SSSR count). The highest BCUT2D eigenvalue weighted by Gasteiger charge is 2.29. The number of amidine groups is 1. The Balaban J connectivity index is 1.84. The smallest absolute Gasteiger partial charge is 0.281 e. The van der Waals surface area contributed by atoms with Crippen LogP contribution in [0.25, 0.3) is 11.5 Å². The van der Waals surface area contributed by atoms with E-state index in [-0.39, 0.29) is 11.6 Å². The Morgan fingerprint density at radius 1 is 1.45 bits per heavy atom. The van der Waals surface area contributed by atoms with E-state index in [0.717, 1.165) is 5.56 Å². The van der Waals surface area contributed by atoms with E-state index in [1.165, 1.54) is 22.9 Å². The second-order valence-corrected chi connectivity index (χ2v) is 5.84. The first-order valence-electron chi connectivity index (χ1n) is 6.32. The van der Waals surface area contributed by atoms with Gasteiger partial charge in [0.05, 0.1) is 0 Å². The lowest BCUT2D eigenvalue weighted by molar-refractivity contribution is 0.0854. The minimum absolute atomic E-state index is 0.179. The third-order valence-corrected chi connectivity index (χ3v) is 4.19. The van der Waals surface area contributed by atoms with Gasteiger partial charge in [-0.15, -0.1) is 4.99 Å². The van der Waals surface area contributed by atoms with E-state index in [9.17, 15) is 4.79 Å². The van der Waals surface area contributed by atoms with Gasteiger partial charge in [-0.25, -0.2) is 4.98 Å². The number of halogens is 1. The summed E-state index contributed by atoms with van der Waals surface area (Å²) in [6.45, 7) is 0.493. The van der Waals surface area contributed by atoms with Crippen LogP contribution in [0.5, 0.6) is 0 Å². The molecule has 1 aromatic carbocycles. The number of carbonyl (C=O) groups excluding carboxylic acids is 1. The van der Waals surface area contributed by atoms with E-state index in [4.69, 9.17) is 21.3 Å². The molecule has 0 unspecified atom stereocenters. The van der Waals surface area contributed by atoms with Crippen LogP contribution in [0.15, 0.2) is 39.9 Å². The van der Waals surface area contributed by atoms with Gasteiger partial charge in [0.15, 0.2) is 10.9 Å². The van der Waals surface area contributed by atoms with E-state index in [0.29, 0.717) is 28.4 Å². The second kappa shape index (κ2) is 6.22. The molecule has 1 fully saturated rings. The van der Waals surface area contributed by atoms with Gasteiger partial charge in [0, 0.05) is 22.9 Å². The number of carbonyl (C=O) groups is 1. The number of oxazole rings is 1. The average Bonchev–Trinajstić information content (AvgIpc) is 3.17. The van der Waals surface area contributed by atoms with Crippen LogP contribution in [0.4, 0.5) is 0 Å². The van der Waals surface area contributed by atoms with Crippen molar-refractivity contribution < 1.29 is 9.21 Å². The molecule has 1 aliphatic rings. The maximum Gasteiger partial charge on any atom is 0.281 e. The zero-order valence-corrected chi connectivity index (χ0v) is 12.8. The Morgan fingerprint density at radius 3 is 2.95 bits per heavy atom. The van der Waals surface area contributed by atoms with E-state index in [1.54, 1.807) is 30.5 Å². The molecule has 0 bridgehead atoms. The van der Waals surface area contributed by atoms with Crippen molar-refractivity contribution in [1.29, 1.82) is 5.26 Å². The molecule has 0 atom stereocenters. The van der Waals surface area contributed by atoms with Gasteiger partial charge in [0.1, 0.15) is 6.26 Å². The van der Waals surface area contributed by atoms with Gasteiger partial charge < -0.3 is 4.42 Å². The van der Waals surface area contributed by atoms with Crippen molar-refractivity contribution in [3.63, 3.8) is 0 Å². The number of nitriles is 1. The third kappa shape index (κ3) is 2.84. The molecule has 22 heavy (non-hydrogen) atoms. The fourth-order valence-corrected chi connectivity index (χ4v) is 2.98. The van der Waals surface area contributed by atoms with Gasteiger partial charge in [-0.2, -0.15) is 5.26 Å². The molecule has 1 amide bonds. The van der Waals surface area contributed by atoms with Crippen molar-refractivity contribution in [1.82, 2.24) is 9.88 Å². The number of hydrogen-bond acceptors (Lipinski definition) is 6. The summed E-state index contributed by atoms with van der Waals surface area (Å²) in [5.74, 6) is 0.710. The Kier molecular flexibility index (Phi) is 4.13. The number of hydrogen-bond donors (Lipinski definition) is 0. The first-order chi connectivity index (χ1) is 10.7. The SMILES string of the molecule is N#CN=C1SCCN1C(=O)c1coc(-c2ccc(Cl)cc2)n1. The maximum atomic E-state index is 12.4. The molecule has 0 saturated carbocycles. The predicted octanol–water partition coefficient (Wildman–Crippen LogP) is 3.02. The van der Waals surface area contributed by atoms with Gasteiger partial charge in [0.2, 0.25) is 12.1 Å². The largest absolute Gasteiger partial charge is 0.444 e. The Morgan fingerprint density at radius 2 is 2.23 bits per heavy atom. The molecule has 0 spiro atoms. The number of thioether (sulfide) groups is 1. The van der Waals surface area contributed by atoms with Crippen LogP contribution in [0.3, 0.4) is 0 Å². The molecule has 110 valence electrons. The maximum absolute atomic E-state index is 12.4. The number of aliphatic imine (C=N–C) groups is 1. The minimum Gasteiger partial charge on any atom is -0.444 e.